The lowest BCUT2D eigenvalue weighted by Gasteiger charge is -2.29. The number of hydrogen-bond acceptors (Lipinski definition) is 4. The third-order valence-corrected chi connectivity index (χ3v) is 1.91. The molecule has 0 radical (unpaired) electrons. The molecule has 1 fully saturated rings. The molecule has 0 aromatic heterocycles. The first-order chi connectivity index (χ1) is 5.63. The van der Waals surface area contributed by atoms with Crippen molar-refractivity contribution in [2.45, 2.75) is 26.0 Å². The van der Waals surface area contributed by atoms with Gasteiger partial charge in [0.1, 0.15) is 11.9 Å². The Hall–Kier alpha value is -0.740. The van der Waals surface area contributed by atoms with Gasteiger partial charge < -0.3 is 10.1 Å². The van der Waals surface area contributed by atoms with Gasteiger partial charge in [-0.05, 0) is 13.8 Å². The van der Waals surface area contributed by atoms with Crippen molar-refractivity contribution < 1.29 is 14.3 Å². The molecule has 0 spiro atoms. The van der Waals surface area contributed by atoms with E-state index in [-0.39, 0.29) is 11.6 Å². The number of carbonyl (C=O) groups excluding carboxylic acids is 2. The van der Waals surface area contributed by atoms with Gasteiger partial charge in [0, 0.05) is 6.54 Å². The van der Waals surface area contributed by atoms with Crippen molar-refractivity contribution in [3.05, 3.63) is 0 Å². The van der Waals surface area contributed by atoms with E-state index >= 15 is 0 Å². The summed E-state index contributed by atoms with van der Waals surface area (Å²) in [5.74, 6) is -0.141. The van der Waals surface area contributed by atoms with Crippen LogP contribution in [0.2, 0.25) is 0 Å². The second-order valence-electron chi connectivity index (χ2n) is 2.94. The number of carbonyl (C=O) groups is 2. The topological polar surface area (TPSA) is 55.4 Å². The Morgan fingerprint density at radius 2 is 2.00 bits per heavy atom. The van der Waals surface area contributed by atoms with Gasteiger partial charge in [-0.3, -0.25) is 9.59 Å². The molecule has 0 bridgehead atoms. The maximum absolute atomic E-state index is 11.0. The van der Waals surface area contributed by atoms with Gasteiger partial charge in [0.05, 0.1) is 12.6 Å². The molecule has 1 heterocycles. The highest BCUT2D eigenvalue weighted by Crippen LogP contribution is 2.06. The number of ether oxygens (including phenoxy) is 1. The molecule has 1 aliphatic heterocycles. The summed E-state index contributed by atoms with van der Waals surface area (Å²) in [6.07, 6.45) is -0.587. The molecule has 68 valence electrons. The summed E-state index contributed by atoms with van der Waals surface area (Å²) >= 11 is 0. The maximum Gasteiger partial charge on any atom is 0.160 e. The Balaban J connectivity index is 2.67. The highest BCUT2D eigenvalue weighted by atomic mass is 16.5. The summed E-state index contributed by atoms with van der Waals surface area (Å²) in [6.45, 7) is 4.03. The van der Waals surface area contributed by atoms with E-state index in [1.54, 1.807) is 0 Å². The number of morpholine rings is 1. The van der Waals surface area contributed by atoms with Crippen LogP contribution >= 0.6 is 0 Å². The van der Waals surface area contributed by atoms with E-state index in [9.17, 15) is 9.59 Å². The van der Waals surface area contributed by atoms with Gasteiger partial charge in [0.25, 0.3) is 0 Å². The molecule has 0 aromatic carbocycles. The molecule has 1 N–H and O–H groups in total. The predicted molar refractivity (Wildman–Crippen MR) is 42.9 cm³/mol. The zero-order valence-electron chi connectivity index (χ0n) is 7.29. The van der Waals surface area contributed by atoms with Gasteiger partial charge in [0.15, 0.2) is 5.78 Å². The van der Waals surface area contributed by atoms with Crippen LogP contribution in [-0.4, -0.2) is 36.9 Å². The van der Waals surface area contributed by atoms with Crippen molar-refractivity contribution >= 4 is 11.6 Å². The SMILES string of the molecule is CC(=O)C1NCCOC1C(C)=O. The van der Waals surface area contributed by atoms with Gasteiger partial charge in [-0.15, -0.1) is 0 Å². The van der Waals surface area contributed by atoms with Crippen LogP contribution in [0.4, 0.5) is 0 Å². The fourth-order valence-electron chi connectivity index (χ4n) is 1.31. The monoisotopic (exact) mass is 171 g/mol. The Bertz CT molecular complexity index is 180. The molecule has 1 rings (SSSR count). The summed E-state index contributed by atoms with van der Waals surface area (Å²) in [5, 5.41) is 2.95. The van der Waals surface area contributed by atoms with Crippen LogP contribution in [0.25, 0.3) is 0 Å². The second-order valence-corrected chi connectivity index (χ2v) is 2.94. The van der Waals surface area contributed by atoms with Crippen LogP contribution in [0, 0.1) is 0 Å². The Labute approximate surface area is 71.3 Å². The van der Waals surface area contributed by atoms with Crippen molar-refractivity contribution in [1.82, 2.24) is 5.32 Å². The highest BCUT2D eigenvalue weighted by Gasteiger charge is 2.32. The molecule has 0 saturated carbocycles. The fourth-order valence-corrected chi connectivity index (χ4v) is 1.31. The minimum absolute atomic E-state index is 0.0464. The lowest BCUT2D eigenvalue weighted by molar-refractivity contribution is -0.139. The van der Waals surface area contributed by atoms with Gasteiger partial charge >= 0.3 is 0 Å². The molecule has 1 saturated heterocycles. The Kier molecular flexibility index (Phi) is 2.94. The number of hydrogen-bond donors (Lipinski definition) is 1. The molecule has 2 unspecified atom stereocenters. The van der Waals surface area contributed by atoms with Crippen LogP contribution in [0.1, 0.15) is 13.8 Å². The minimum atomic E-state index is -0.587. The van der Waals surface area contributed by atoms with Gasteiger partial charge in [-0.2, -0.15) is 0 Å². The molecular weight excluding hydrogens is 158 g/mol. The first-order valence-electron chi connectivity index (χ1n) is 3.99. The zero-order valence-corrected chi connectivity index (χ0v) is 7.29. The van der Waals surface area contributed by atoms with Crippen molar-refractivity contribution in [3.8, 4) is 0 Å². The third-order valence-electron chi connectivity index (χ3n) is 1.91. The first kappa shape index (κ1) is 9.35. The number of nitrogens with one attached hydrogen (secondary N) is 1. The molecule has 0 aliphatic carbocycles. The molecule has 1 aliphatic rings. The van der Waals surface area contributed by atoms with Crippen LogP contribution in [0.3, 0.4) is 0 Å². The van der Waals surface area contributed by atoms with Crippen molar-refractivity contribution in [3.63, 3.8) is 0 Å². The molecule has 2 atom stereocenters. The summed E-state index contributed by atoms with van der Waals surface area (Å²) in [5.41, 5.74) is 0. The largest absolute Gasteiger partial charge is 0.367 e. The summed E-state index contributed by atoms with van der Waals surface area (Å²) in [7, 11) is 0. The summed E-state index contributed by atoms with van der Waals surface area (Å²) < 4.78 is 5.18. The van der Waals surface area contributed by atoms with Gasteiger partial charge in [-0.1, -0.05) is 0 Å². The van der Waals surface area contributed by atoms with E-state index in [1.165, 1.54) is 13.8 Å². The van der Waals surface area contributed by atoms with Crippen LogP contribution in [0.5, 0.6) is 0 Å². The average Bonchev–Trinajstić information content (AvgIpc) is 2.04. The third kappa shape index (κ3) is 1.89. The predicted octanol–water partition coefficient (Wildman–Crippen LogP) is -0.479. The van der Waals surface area contributed by atoms with Gasteiger partial charge in [-0.25, -0.2) is 0 Å². The summed E-state index contributed by atoms with van der Waals surface area (Å²) in [6, 6.07) is -0.448. The molecule has 4 heteroatoms. The molecular formula is C8H13NO3. The van der Waals surface area contributed by atoms with E-state index in [2.05, 4.69) is 5.32 Å². The van der Waals surface area contributed by atoms with Crippen LogP contribution in [-0.2, 0) is 14.3 Å². The quantitative estimate of drug-likeness (QED) is 0.609. The lowest BCUT2D eigenvalue weighted by atomic mass is 10.0. The van der Waals surface area contributed by atoms with Crippen molar-refractivity contribution in [1.29, 1.82) is 0 Å². The molecule has 0 amide bonds. The molecule has 4 nitrogen and oxygen atoms in total. The van der Waals surface area contributed by atoms with E-state index in [0.717, 1.165) is 0 Å². The van der Waals surface area contributed by atoms with Crippen molar-refractivity contribution in [2.75, 3.05) is 13.2 Å². The van der Waals surface area contributed by atoms with Crippen molar-refractivity contribution in [2.24, 2.45) is 0 Å². The number of rotatable bonds is 2. The minimum Gasteiger partial charge on any atom is -0.367 e. The molecule has 0 aromatic rings. The lowest BCUT2D eigenvalue weighted by Crippen LogP contribution is -2.54. The smallest absolute Gasteiger partial charge is 0.160 e. The average molecular weight is 171 g/mol. The van der Waals surface area contributed by atoms with E-state index < -0.39 is 12.1 Å². The van der Waals surface area contributed by atoms with E-state index in [4.69, 9.17) is 4.74 Å². The second kappa shape index (κ2) is 3.78. The first-order valence-corrected chi connectivity index (χ1v) is 3.99. The maximum atomic E-state index is 11.0. The number of Topliss-reactive ketones (excluding diaryl/α,β-unsaturated/α-hetero) is 2. The Morgan fingerprint density at radius 1 is 1.33 bits per heavy atom. The van der Waals surface area contributed by atoms with Gasteiger partial charge in [0.2, 0.25) is 0 Å². The van der Waals surface area contributed by atoms with E-state index in [0.29, 0.717) is 13.2 Å². The summed E-state index contributed by atoms with van der Waals surface area (Å²) in [4.78, 5) is 22.0. The fraction of sp³-hybridized carbons (Fsp3) is 0.750. The number of ketones is 2. The van der Waals surface area contributed by atoms with E-state index in [1.807, 2.05) is 0 Å². The molecule has 12 heavy (non-hydrogen) atoms. The van der Waals surface area contributed by atoms with Crippen LogP contribution in [0.15, 0.2) is 0 Å². The highest BCUT2D eigenvalue weighted by molar-refractivity contribution is 5.91. The Morgan fingerprint density at radius 3 is 2.42 bits per heavy atom. The standard InChI is InChI=1S/C8H13NO3/c1-5(10)7-8(6(2)11)12-4-3-9-7/h7-9H,3-4H2,1-2H3. The normalized spacial score (nSPS) is 29.8. The zero-order chi connectivity index (χ0) is 9.14. The van der Waals surface area contributed by atoms with Crippen LogP contribution < -0.4 is 5.32 Å².